The topological polar surface area (TPSA) is 52.6 Å². The second-order valence-corrected chi connectivity index (χ2v) is 11.7. The van der Waals surface area contributed by atoms with Gasteiger partial charge in [-0.15, -0.1) is 0 Å². The lowest BCUT2D eigenvalue weighted by Crippen LogP contribution is -2.44. The van der Waals surface area contributed by atoms with Crippen molar-refractivity contribution in [3.63, 3.8) is 0 Å². The maximum Gasteiger partial charge on any atom is 0.312 e. The number of carbonyl (C=O) groups is 2. The van der Waals surface area contributed by atoms with E-state index in [2.05, 4.69) is 34.6 Å². The zero-order valence-corrected chi connectivity index (χ0v) is 22.1. The molecule has 1 fully saturated rings. The molecule has 0 amide bonds. The predicted octanol–water partition coefficient (Wildman–Crippen LogP) is 7.87. The Morgan fingerprint density at radius 1 is 0.938 bits per heavy atom. The summed E-state index contributed by atoms with van der Waals surface area (Å²) in [5, 5.41) is 0. The van der Waals surface area contributed by atoms with Crippen molar-refractivity contribution < 1.29 is 19.1 Å². The van der Waals surface area contributed by atoms with Gasteiger partial charge in [0, 0.05) is 0 Å². The predicted molar refractivity (Wildman–Crippen MR) is 132 cm³/mol. The highest BCUT2D eigenvalue weighted by molar-refractivity contribution is 5.85. The molecule has 4 heteroatoms. The Hall–Kier alpha value is -1.06. The minimum Gasteiger partial charge on any atom is -0.465 e. The van der Waals surface area contributed by atoms with Crippen LogP contribution in [0.4, 0.5) is 0 Å². The van der Waals surface area contributed by atoms with Gasteiger partial charge in [-0.3, -0.25) is 9.59 Å². The first-order valence-electron chi connectivity index (χ1n) is 13.4. The average Bonchev–Trinajstić information content (AvgIpc) is 2.71. The maximum atomic E-state index is 13.0. The number of hydrogen-bond acceptors (Lipinski definition) is 4. The molecular weight excluding hydrogens is 400 g/mol. The van der Waals surface area contributed by atoms with Crippen LogP contribution in [0.25, 0.3) is 0 Å². The van der Waals surface area contributed by atoms with Gasteiger partial charge in [-0.2, -0.15) is 0 Å². The maximum absolute atomic E-state index is 13.0. The van der Waals surface area contributed by atoms with Crippen molar-refractivity contribution in [2.45, 2.75) is 131 Å². The molecule has 0 saturated heterocycles. The molecule has 32 heavy (non-hydrogen) atoms. The van der Waals surface area contributed by atoms with Crippen LogP contribution in [0.1, 0.15) is 131 Å². The standard InChI is InChI=1S/C28H52O4/c1-7-8-9-10-11-12-13-16-20-31-25(29)24-17-14-15-19-28(24,6)26(30)32-21-18-23(2)22-27(3,4)5/h23-24H,7-22H2,1-6H3. The lowest BCUT2D eigenvalue weighted by molar-refractivity contribution is -0.172. The summed E-state index contributed by atoms with van der Waals surface area (Å²) >= 11 is 0. The third-order valence-electron chi connectivity index (χ3n) is 7.01. The third-order valence-corrected chi connectivity index (χ3v) is 7.01. The minimum absolute atomic E-state index is 0.201. The van der Waals surface area contributed by atoms with Crippen molar-refractivity contribution in [2.75, 3.05) is 13.2 Å². The largest absolute Gasteiger partial charge is 0.465 e. The highest BCUT2D eigenvalue weighted by Gasteiger charge is 2.48. The Bertz CT molecular complexity index is 536. The normalized spacial score (nSPS) is 22.4. The molecule has 0 aromatic heterocycles. The number of ether oxygens (including phenoxy) is 2. The van der Waals surface area contributed by atoms with Crippen LogP contribution in [0.5, 0.6) is 0 Å². The molecule has 1 saturated carbocycles. The van der Waals surface area contributed by atoms with Crippen molar-refractivity contribution in [1.82, 2.24) is 0 Å². The Morgan fingerprint density at radius 2 is 1.56 bits per heavy atom. The van der Waals surface area contributed by atoms with E-state index >= 15 is 0 Å². The van der Waals surface area contributed by atoms with Crippen molar-refractivity contribution in [2.24, 2.45) is 22.7 Å². The van der Waals surface area contributed by atoms with Gasteiger partial charge in [-0.1, -0.05) is 92.4 Å². The fraction of sp³-hybridized carbons (Fsp3) is 0.929. The molecule has 0 heterocycles. The van der Waals surface area contributed by atoms with Crippen LogP contribution in [-0.2, 0) is 19.1 Å². The van der Waals surface area contributed by atoms with Gasteiger partial charge >= 0.3 is 11.9 Å². The van der Waals surface area contributed by atoms with Crippen LogP contribution in [-0.4, -0.2) is 25.2 Å². The van der Waals surface area contributed by atoms with Crippen LogP contribution in [0.3, 0.4) is 0 Å². The van der Waals surface area contributed by atoms with Crippen molar-refractivity contribution >= 4 is 11.9 Å². The lowest BCUT2D eigenvalue weighted by atomic mass is 9.67. The van der Waals surface area contributed by atoms with E-state index in [1.807, 2.05) is 6.92 Å². The average molecular weight is 453 g/mol. The molecule has 188 valence electrons. The van der Waals surface area contributed by atoms with E-state index in [9.17, 15) is 9.59 Å². The van der Waals surface area contributed by atoms with Crippen molar-refractivity contribution in [3.05, 3.63) is 0 Å². The van der Waals surface area contributed by atoms with Crippen LogP contribution in [0.2, 0.25) is 0 Å². The summed E-state index contributed by atoms with van der Waals surface area (Å²) in [4.78, 5) is 25.8. The number of unbranched alkanes of at least 4 members (excludes halogenated alkanes) is 7. The van der Waals surface area contributed by atoms with E-state index in [4.69, 9.17) is 9.47 Å². The van der Waals surface area contributed by atoms with E-state index in [0.717, 1.165) is 44.9 Å². The molecule has 0 N–H and O–H groups in total. The summed E-state index contributed by atoms with van der Waals surface area (Å²) in [6.07, 6.45) is 15.1. The summed E-state index contributed by atoms with van der Waals surface area (Å²) in [5.41, 5.74) is -0.468. The van der Waals surface area contributed by atoms with E-state index in [0.29, 0.717) is 25.6 Å². The van der Waals surface area contributed by atoms with Gasteiger partial charge < -0.3 is 9.47 Å². The second kappa shape index (κ2) is 15.0. The highest BCUT2D eigenvalue weighted by atomic mass is 16.5. The fourth-order valence-electron chi connectivity index (χ4n) is 5.13. The van der Waals surface area contributed by atoms with Crippen molar-refractivity contribution in [1.29, 1.82) is 0 Å². The number of esters is 2. The van der Waals surface area contributed by atoms with Gasteiger partial charge in [0.2, 0.25) is 0 Å². The summed E-state index contributed by atoms with van der Waals surface area (Å²) in [7, 11) is 0. The van der Waals surface area contributed by atoms with Gasteiger partial charge in [-0.05, 0) is 50.4 Å². The van der Waals surface area contributed by atoms with E-state index < -0.39 is 5.41 Å². The first kappa shape index (κ1) is 29.0. The zero-order chi connectivity index (χ0) is 24.0. The molecule has 0 aliphatic heterocycles. The lowest BCUT2D eigenvalue weighted by Gasteiger charge is -2.37. The molecule has 0 radical (unpaired) electrons. The molecule has 0 aromatic rings. The SMILES string of the molecule is CCCCCCCCCCOC(=O)C1CCCCC1(C)C(=O)OCCC(C)CC(C)(C)C. The first-order valence-corrected chi connectivity index (χ1v) is 13.4. The summed E-state index contributed by atoms with van der Waals surface area (Å²) < 4.78 is 11.3. The third kappa shape index (κ3) is 11.2. The van der Waals surface area contributed by atoms with Gasteiger partial charge in [-0.25, -0.2) is 0 Å². The smallest absolute Gasteiger partial charge is 0.312 e. The summed E-state index contributed by atoms with van der Waals surface area (Å²) in [5.74, 6) is -0.276. The second-order valence-electron chi connectivity index (χ2n) is 11.7. The van der Waals surface area contributed by atoms with Crippen LogP contribution < -0.4 is 0 Å². The molecule has 1 aliphatic rings. The molecule has 0 spiro atoms. The monoisotopic (exact) mass is 452 g/mol. The minimum atomic E-state index is -0.748. The quantitative estimate of drug-likeness (QED) is 0.187. The Balaban J connectivity index is 2.39. The van der Waals surface area contributed by atoms with Gasteiger partial charge in [0.05, 0.1) is 24.5 Å². The zero-order valence-electron chi connectivity index (χ0n) is 22.1. The van der Waals surface area contributed by atoms with Gasteiger partial charge in [0.1, 0.15) is 0 Å². The molecule has 3 unspecified atom stereocenters. The molecular formula is C28H52O4. The van der Waals surface area contributed by atoms with E-state index in [1.165, 1.54) is 38.5 Å². The highest BCUT2D eigenvalue weighted by Crippen LogP contribution is 2.43. The Kier molecular flexibility index (Phi) is 13.5. The first-order chi connectivity index (χ1) is 15.1. The molecule has 1 aliphatic carbocycles. The van der Waals surface area contributed by atoms with Crippen molar-refractivity contribution in [3.8, 4) is 0 Å². The molecule has 1 rings (SSSR count). The Labute approximate surface area is 198 Å². The molecule has 0 bridgehead atoms. The number of rotatable bonds is 15. The Morgan fingerprint density at radius 3 is 2.19 bits per heavy atom. The van der Waals surface area contributed by atoms with E-state index in [1.54, 1.807) is 0 Å². The van der Waals surface area contributed by atoms with Crippen LogP contribution >= 0.6 is 0 Å². The van der Waals surface area contributed by atoms with Gasteiger partial charge in [0.15, 0.2) is 0 Å². The number of carbonyl (C=O) groups excluding carboxylic acids is 2. The van der Waals surface area contributed by atoms with Gasteiger partial charge in [0.25, 0.3) is 0 Å². The fourth-order valence-corrected chi connectivity index (χ4v) is 5.13. The number of hydrogen-bond donors (Lipinski definition) is 0. The molecule has 0 aromatic carbocycles. The molecule has 4 nitrogen and oxygen atoms in total. The summed E-state index contributed by atoms with van der Waals surface area (Å²) in [6, 6.07) is 0. The van der Waals surface area contributed by atoms with Crippen LogP contribution in [0.15, 0.2) is 0 Å². The molecule has 3 atom stereocenters. The summed E-state index contributed by atoms with van der Waals surface area (Å²) in [6.45, 7) is 14.0. The van der Waals surface area contributed by atoms with E-state index in [-0.39, 0.29) is 23.3 Å². The van der Waals surface area contributed by atoms with Crippen LogP contribution in [0, 0.1) is 22.7 Å².